The molecule has 0 aromatic heterocycles. The molecular formula is C16H27NO2. The topological polar surface area (TPSA) is 46.2 Å². The van der Waals surface area contributed by atoms with Crippen LogP contribution in [0.5, 0.6) is 0 Å². The van der Waals surface area contributed by atoms with Gasteiger partial charge in [0.15, 0.2) is 0 Å². The molecule has 1 rings (SSSR count). The first-order valence-electron chi connectivity index (χ1n) is 7.66. The Kier molecular flexibility index (Phi) is 7.46. The summed E-state index contributed by atoms with van der Waals surface area (Å²) in [4.78, 5) is 22.6. The van der Waals surface area contributed by atoms with Crippen molar-refractivity contribution in [1.82, 2.24) is 5.32 Å². The SMILES string of the molecule is C=C(CCCCCCCCCC)C1CC(=O)NC1=O. The van der Waals surface area contributed by atoms with E-state index in [1.807, 2.05) is 0 Å². The van der Waals surface area contributed by atoms with E-state index in [0.29, 0.717) is 6.42 Å². The molecule has 1 fully saturated rings. The van der Waals surface area contributed by atoms with Crippen LogP contribution in [0.3, 0.4) is 0 Å². The van der Waals surface area contributed by atoms with Gasteiger partial charge in [0.2, 0.25) is 11.8 Å². The quantitative estimate of drug-likeness (QED) is 0.371. The minimum atomic E-state index is -0.267. The van der Waals surface area contributed by atoms with E-state index in [9.17, 15) is 9.59 Å². The third-order valence-corrected chi connectivity index (χ3v) is 3.81. The van der Waals surface area contributed by atoms with Crippen molar-refractivity contribution in [2.45, 2.75) is 71.1 Å². The Labute approximate surface area is 116 Å². The van der Waals surface area contributed by atoms with E-state index in [1.165, 1.54) is 44.9 Å². The standard InChI is InChI=1S/C16H27NO2/c1-3-4-5-6-7-8-9-10-11-13(2)14-12-15(18)17-16(14)19/h14H,2-12H2,1H3,(H,17,18,19). The Bertz CT molecular complexity index is 323. The monoisotopic (exact) mass is 265 g/mol. The fourth-order valence-corrected chi connectivity index (χ4v) is 2.54. The van der Waals surface area contributed by atoms with Gasteiger partial charge >= 0.3 is 0 Å². The van der Waals surface area contributed by atoms with E-state index >= 15 is 0 Å². The minimum absolute atomic E-state index is 0.158. The molecule has 1 unspecified atom stereocenters. The number of hydrogen-bond acceptors (Lipinski definition) is 2. The van der Waals surface area contributed by atoms with Crippen molar-refractivity contribution in [1.29, 1.82) is 0 Å². The van der Waals surface area contributed by atoms with E-state index in [-0.39, 0.29) is 17.7 Å². The molecule has 108 valence electrons. The zero-order chi connectivity index (χ0) is 14.1. The van der Waals surface area contributed by atoms with E-state index in [1.54, 1.807) is 0 Å². The van der Waals surface area contributed by atoms with E-state index in [0.717, 1.165) is 18.4 Å². The molecule has 1 heterocycles. The third-order valence-electron chi connectivity index (χ3n) is 3.81. The zero-order valence-corrected chi connectivity index (χ0v) is 12.2. The van der Waals surface area contributed by atoms with E-state index < -0.39 is 0 Å². The van der Waals surface area contributed by atoms with Crippen LogP contribution in [-0.4, -0.2) is 11.8 Å². The van der Waals surface area contributed by atoms with Crippen molar-refractivity contribution in [3.8, 4) is 0 Å². The van der Waals surface area contributed by atoms with Gasteiger partial charge in [0.25, 0.3) is 0 Å². The molecule has 1 saturated heterocycles. The van der Waals surface area contributed by atoms with Crippen LogP contribution in [0.15, 0.2) is 12.2 Å². The van der Waals surface area contributed by atoms with Crippen LogP contribution in [0.1, 0.15) is 71.1 Å². The maximum Gasteiger partial charge on any atom is 0.234 e. The first-order chi connectivity index (χ1) is 9.15. The van der Waals surface area contributed by atoms with Crippen LogP contribution < -0.4 is 5.32 Å². The molecule has 0 aliphatic carbocycles. The van der Waals surface area contributed by atoms with Crippen molar-refractivity contribution in [3.63, 3.8) is 0 Å². The number of unbranched alkanes of at least 4 members (excludes halogenated alkanes) is 7. The van der Waals surface area contributed by atoms with Crippen molar-refractivity contribution in [3.05, 3.63) is 12.2 Å². The molecule has 3 nitrogen and oxygen atoms in total. The summed E-state index contributed by atoms with van der Waals surface area (Å²) in [6.07, 6.45) is 11.4. The fraction of sp³-hybridized carbons (Fsp3) is 0.750. The highest BCUT2D eigenvalue weighted by Gasteiger charge is 2.31. The summed E-state index contributed by atoms with van der Waals surface area (Å²) in [5, 5.41) is 2.34. The average molecular weight is 265 g/mol. The molecule has 1 aliphatic heterocycles. The van der Waals surface area contributed by atoms with Crippen LogP contribution in [0.2, 0.25) is 0 Å². The van der Waals surface area contributed by atoms with Gasteiger partial charge < -0.3 is 0 Å². The van der Waals surface area contributed by atoms with Crippen LogP contribution in [0.25, 0.3) is 0 Å². The van der Waals surface area contributed by atoms with Gasteiger partial charge in [-0.3, -0.25) is 14.9 Å². The highest BCUT2D eigenvalue weighted by Crippen LogP contribution is 2.23. The molecule has 0 saturated carbocycles. The molecular weight excluding hydrogens is 238 g/mol. The van der Waals surface area contributed by atoms with Gasteiger partial charge in [-0.05, 0) is 12.8 Å². The van der Waals surface area contributed by atoms with Crippen molar-refractivity contribution in [2.75, 3.05) is 0 Å². The first kappa shape index (κ1) is 15.9. The maximum absolute atomic E-state index is 11.5. The maximum atomic E-state index is 11.5. The molecule has 0 spiro atoms. The van der Waals surface area contributed by atoms with Gasteiger partial charge in [-0.2, -0.15) is 0 Å². The van der Waals surface area contributed by atoms with Gasteiger partial charge in [-0.15, -0.1) is 0 Å². The lowest BCUT2D eigenvalue weighted by Crippen LogP contribution is -2.22. The van der Waals surface area contributed by atoms with Crippen LogP contribution in [0, 0.1) is 5.92 Å². The second kappa shape index (κ2) is 8.89. The van der Waals surface area contributed by atoms with Crippen molar-refractivity contribution < 1.29 is 9.59 Å². The minimum Gasteiger partial charge on any atom is -0.296 e. The number of hydrogen-bond donors (Lipinski definition) is 1. The molecule has 0 aromatic rings. The van der Waals surface area contributed by atoms with Crippen LogP contribution in [0.4, 0.5) is 0 Å². The Morgan fingerprint density at radius 3 is 2.21 bits per heavy atom. The van der Waals surface area contributed by atoms with E-state index in [4.69, 9.17) is 0 Å². The van der Waals surface area contributed by atoms with Gasteiger partial charge in [0.05, 0.1) is 5.92 Å². The summed E-state index contributed by atoms with van der Waals surface area (Å²) in [5.74, 6) is -0.585. The largest absolute Gasteiger partial charge is 0.296 e. The smallest absolute Gasteiger partial charge is 0.234 e. The molecule has 1 atom stereocenters. The predicted molar refractivity (Wildman–Crippen MR) is 77.6 cm³/mol. The van der Waals surface area contributed by atoms with Gasteiger partial charge in [-0.1, -0.05) is 64.0 Å². The molecule has 1 aliphatic rings. The normalized spacial score (nSPS) is 18.7. The summed E-state index contributed by atoms with van der Waals surface area (Å²) in [7, 11) is 0. The Balaban J connectivity index is 2.02. The third kappa shape index (κ3) is 6.04. The fourth-order valence-electron chi connectivity index (χ4n) is 2.54. The van der Waals surface area contributed by atoms with Crippen LogP contribution in [-0.2, 0) is 9.59 Å². The summed E-state index contributed by atoms with van der Waals surface area (Å²) in [6, 6.07) is 0. The highest BCUT2D eigenvalue weighted by molar-refractivity contribution is 6.04. The lowest BCUT2D eigenvalue weighted by molar-refractivity contribution is -0.125. The molecule has 19 heavy (non-hydrogen) atoms. The van der Waals surface area contributed by atoms with Crippen molar-refractivity contribution in [2.24, 2.45) is 5.92 Å². The number of imide groups is 1. The number of carbonyl (C=O) groups excluding carboxylic acids is 2. The average Bonchev–Trinajstić information content (AvgIpc) is 2.71. The Hall–Kier alpha value is -1.12. The highest BCUT2D eigenvalue weighted by atomic mass is 16.2. The Morgan fingerprint density at radius 2 is 1.68 bits per heavy atom. The number of rotatable bonds is 10. The second-order valence-corrected chi connectivity index (χ2v) is 5.55. The van der Waals surface area contributed by atoms with E-state index in [2.05, 4.69) is 18.8 Å². The van der Waals surface area contributed by atoms with Gasteiger partial charge in [0, 0.05) is 6.42 Å². The predicted octanol–water partition coefficient (Wildman–Crippen LogP) is 3.74. The molecule has 0 aromatic carbocycles. The first-order valence-corrected chi connectivity index (χ1v) is 7.66. The zero-order valence-electron chi connectivity index (χ0n) is 12.2. The van der Waals surface area contributed by atoms with Crippen LogP contribution >= 0.6 is 0 Å². The van der Waals surface area contributed by atoms with Gasteiger partial charge in [0.1, 0.15) is 0 Å². The Morgan fingerprint density at radius 1 is 1.11 bits per heavy atom. The molecule has 0 radical (unpaired) electrons. The summed E-state index contributed by atoms with van der Waals surface area (Å²) < 4.78 is 0. The number of amides is 2. The summed E-state index contributed by atoms with van der Waals surface area (Å²) in [6.45, 7) is 6.20. The molecule has 3 heteroatoms. The molecule has 0 bridgehead atoms. The molecule has 1 N–H and O–H groups in total. The summed E-state index contributed by atoms with van der Waals surface area (Å²) in [5.41, 5.74) is 0.925. The number of nitrogens with one attached hydrogen (secondary N) is 1. The summed E-state index contributed by atoms with van der Waals surface area (Å²) >= 11 is 0. The lowest BCUT2D eigenvalue weighted by atomic mass is 9.94. The number of carbonyl (C=O) groups is 2. The second-order valence-electron chi connectivity index (χ2n) is 5.55. The van der Waals surface area contributed by atoms with Crippen molar-refractivity contribution >= 4 is 11.8 Å². The van der Waals surface area contributed by atoms with Gasteiger partial charge in [-0.25, -0.2) is 0 Å². The molecule has 2 amide bonds. The lowest BCUT2D eigenvalue weighted by Gasteiger charge is -2.09.